The van der Waals surface area contributed by atoms with Gasteiger partial charge in [0.15, 0.2) is 5.41 Å². The molecular weight excluding hydrogens is 243 g/mol. The maximum absolute atomic E-state index is 11.2. The minimum atomic E-state index is -1.62. The van der Waals surface area contributed by atoms with E-state index < -0.39 is 23.3 Å². The topological polar surface area (TPSA) is 74.6 Å². The Morgan fingerprint density at radius 3 is 1.83 bits per heavy atom. The number of carboxylic acids is 2. The number of carboxylic acid groups (broad SMARTS) is 2. The van der Waals surface area contributed by atoms with E-state index in [0.717, 1.165) is 25.7 Å². The fourth-order valence-electron chi connectivity index (χ4n) is 2.10. The predicted molar refractivity (Wildman–Crippen MR) is 67.0 cm³/mol. The molecule has 0 radical (unpaired) electrons. The third kappa shape index (κ3) is 5.29. The van der Waals surface area contributed by atoms with Crippen LogP contribution < -0.4 is 29.6 Å². The largest absolute Gasteiger partial charge is 1.00 e. The molecule has 0 aliphatic rings. The summed E-state index contributed by atoms with van der Waals surface area (Å²) in [5.74, 6) is -2.82. The molecule has 2 N–H and O–H groups in total. The molecule has 0 heterocycles. The van der Waals surface area contributed by atoms with E-state index in [-0.39, 0.29) is 37.4 Å². The number of hydrogen-bond acceptors (Lipinski definition) is 2. The van der Waals surface area contributed by atoms with E-state index in [9.17, 15) is 19.8 Å². The molecule has 0 saturated heterocycles. The molecule has 0 unspecified atom stereocenters. The third-order valence-corrected chi connectivity index (χ3v) is 3.42. The zero-order valence-corrected chi connectivity index (χ0v) is 14.0. The summed E-state index contributed by atoms with van der Waals surface area (Å²) in [6.45, 7) is 5.43. The van der Waals surface area contributed by atoms with Crippen molar-refractivity contribution in [3.05, 3.63) is 0 Å². The smallest absolute Gasteiger partial charge is 1.00 e. The van der Waals surface area contributed by atoms with Crippen molar-refractivity contribution in [1.82, 2.24) is 0 Å². The van der Waals surface area contributed by atoms with E-state index in [4.69, 9.17) is 0 Å². The van der Waals surface area contributed by atoms with Crippen molar-refractivity contribution in [1.29, 1.82) is 0 Å². The number of unbranched alkanes of at least 4 members (excludes halogenated alkanes) is 4. The molecule has 4 nitrogen and oxygen atoms in total. The monoisotopic (exact) mass is 268 g/mol. The number of aliphatic carboxylic acids is 2. The van der Waals surface area contributed by atoms with E-state index in [1.165, 1.54) is 0 Å². The minimum Gasteiger partial charge on any atom is -1.00 e. The van der Waals surface area contributed by atoms with E-state index in [2.05, 4.69) is 6.92 Å². The molecule has 0 aliphatic heterocycles. The van der Waals surface area contributed by atoms with Gasteiger partial charge in [0, 0.05) is 0 Å². The van der Waals surface area contributed by atoms with Crippen LogP contribution in [-0.4, -0.2) is 22.2 Å². The Labute approximate surface area is 133 Å². The van der Waals surface area contributed by atoms with Gasteiger partial charge in [0.25, 0.3) is 0 Å². The summed E-state index contributed by atoms with van der Waals surface area (Å²) >= 11 is 0. The second kappa shape index (κ2) is 9.82. The molecule has 0 aromatic rings. The zero-order valence-electron chi connectivity index (χ0n) is 13.0. The number of hydrogen-bond donors (Lipinski definition) is 2. The van der Waals surface area contributed by atoms with Crippen LogP contribution >= 0.6 is 0 Å². The van der Waals surface area contributed by atoms with Gasteiger partial charge in [0.1, 0.15) is 0 Å². The van der Waals surface area contributed by atoms with Gasteiger partial charge in [-0.25, -0.2) is 0 Å². The second-order valence-electron chi connectivity index (χ2n) is 4.90. The minimum absolute atomic E-state index is 0. The van der Waals surface area contributed by atoms with Crippen molar-refractivity contribution >= 4 is 11.9 Å². The molecule has 0 aromatic carbocycles. The SMILES string of the molecule is CCCCCCCC(C(=O)O)(C(=O)O)C(C)C.[H-].[Na+]. The third-order valence-electron chi connectivity index (χ3n) is 3.42. The van der Waals surface area contributed by atoms with Crippen LogP contribution in [0.3, 0.4) is 0 Å². The zero-order chi connectivity index (χ0) is 13.5. The Bertz CT molecular complexity index is 255. The molecule has 0 saturated carbocycles. The van der Waals surface area contributed by atoms with Gasteiger partial charge in [-0.15, -0.1) is 0 Å². The maximum Gasteiger partial charge on any atom is 1.00 e. The van der Waals surface area contributed by atoms with Gasteiger partial charge in [0.05, 0.1) is 0 Å². The average molecular weight is 268 g/mol. The maximum atomic E-state index is 11.2. The van der Waals surface area contributed by atoms with Crippen molar-refractivity contribution < 1.29 is 50.8 Å². The average Bonchev–Trinajstić information content (AvgIpc) is 2.21. The van der Waals surface area contributed by atoms with E-state index in [1.807, 2.05) is 0 Å². The second-order valence-corrected chi connectivity index (χ2v) is 4.90. The molecule has 0 aliphatic carbocycles. The fraction of sp³-hybridized carbons (Fsp3) is 0.846. The van der Waals surface area contributed by atoms with Crippen LogP contribution in [0.1, 0.15) is 60.7 Å². The summed E-state index contributed by atoms with van der Waals surface area (Å²) in [5, 5.41) is 18.4. The van der Waals surface area contributed by atoms with Crippen LogP contribution in [0.25, 0.3) is 0 Å². The van der Waals surface area contributed by atoms with Gasteiger partial charge in [-0.2, -0.15) is 0 Å². The molecule has 0 aromatic heterocycles. The number of carbonyl (C=O) groups is 2. The fourth-order valence-corrected chi connectivity index (χ4v) is 2.10. The molecule has 0 atom stereocenters. The Morgan fingerprint density at radius 1 is 1.06 bits per heavy atom. The van der Waals surface area contributed by atoms with Crippen LogP contribution in [0.4, 0.5) is 0 Å². The summed E-state index contributed by atoms with van der Waals surface area (Å²) in [6, 6.07) is 0. The van der Waals surface area contributed by atoms with Gasteiger partial charge in [0.2, 0.25) is 0 Å². The Balaban J connectivity index is -0.00000128. The van der Waals surface area contributed by atoms with Crippen molar-refractivity contribution in [2.45, 2.75) is 59.3 Å². The summed E-state index contributed by atoms with van der Waals surface area (Å²) in [7, 11) is 0. The standard InChI is InChI=1S/C13H24O4.Na.H/c1-4-5-6-7-8-9-13(10(2)3,11(14)15)12(16)17;;/h10H,4-9H2,1-3H3,(H,14,15)(H,16,17);;/q;+1;-1. The first-order chi connectivity index (χ1) is 7.89. The van der Waals surface area contributed by atoms with Crippen LogP contribution in [0, 0.1) is 11.3 Å². The van der Waals surface area contributed by atoms with Gasteiger partial charge < -0.3 is 11.6 Å². The van der Waals surface area contributed by atoms with E-state index in [1.54, 1.807) is 13.8 Å². The Hall–Kier alpha value is -0.0600. The van der Waals surface area contributed by atoms with Crippen molar-refractivity contribution in [2.24, 2.45) is 11.3 Å². The van der Waals surface area contributed by atoms with Crippen molar-refractivity contribution in [3.8, 4) is 0 Å². The normalized spacial score (nSPS) is 11.1. The molecule has 102 valence electrons. The molecule has 0 spiro atoms. The van der Waals surface area contributed by atoms with E-state index in [0.29, 0.717) is 6.42 Å². The molecule has 5 heteroatoms. The van der Waals surface area contributed by atoms with Gasteiger partial charge in [-0.3, -0.25) is 9.59 Å². The first-order valence-electron chi connectivity index (χ1n) is 6.36. The predicted octanol–water partition coefficient (Wildman–Crippen LogP) is 0.275. The Kier molecular flexibility index (Phi) is 11.0. The summed E-state index contributed by atoms with van der Waals surface area (Å²) in [5.41, 5.74) is -1.62. The Morgan fingerprint density at radius 2 is 1.50 bits per heavy atom. The summed E-state index contributed by atoms with van der Waals surface area (Å²) < 4.78 is 0. The first kappa shape index (κ1) is 20.3. The van der Waals surface area contributed by atoms with Crippen molar-refractivity contribution in [3.63, 3.8) is 0 Å². The quantitative estimate of drug-likeness (QED) is 0.358. The van der Waals surface area contributed by atoms with E-state index >= 15 is 0 Å². The number of rotatable bonds is 9. The van der Waals surface area contributed by atoms with Crippen LogP contribution in [0.5, 0.6) is 0 Å². The molecule has 0 fully saturated rings. The molecule has 0 rings (SSSR count). The molecular formula is C13H25NaO4. The van der Waals surface area contributed by atoms with Gasteiger partial charge in [-0.1, -0.05) is 52.9 Å². The molecule has 0 amide bonds. The van der Waals surface area contributed by atoms with Crippen LogP contribution in [-0.2, 0) is 9.59 Å². The van der Waals surface area contributed by atoms with Gasteiger partial charge >= 0.3 is 41.5 Å². The van der Waals surface area contributed by atoms with Gasteiger partial charge in [-0.05, 0) is 12.3 Å². The first-order valence-corrected chi connectivity index (χ1v) is 6.36. The molecule has 0 bridgehead atoms. The summed E-state index contributed by atoms with van der Waals surface area (Å²) in [6.07, 6.45) is 5.07. The van der Waals surface area contributed by atoms with Crippen LogP contribution in [0.15, 0.2) is 0 Å². The van der Waals surface area contributed by atoms with Crippen molar-refractivity contribution in [2.75, 3.05) is 0 Å². The summed E-state index contributed by atoms with van der Waals surface area (Å²) in [4.78, 5) is 22.5. The molecule has 18 heavy (non-hydrogen) atoms. The van der Waals surface area contributed by atoms with Crippen LogP contribution in [0.2, 0.25) is 0 Å².